The predicted molar refractivity (Wildman–Crippen MR) is 80.3 cm³/mol. The summed E-state index contributed by atoms with van der Waals surface area (Å²) in [6.45, 7) is 2.93. The Kier molecular flexibility index (Phi) is 3.45. The van der Waals surface area contributed by atoms with Gasteiger partial charge in [-0.25, -0.2) is 0 Å². The fraction of sp³-hybridized carbons (Fsp3) is 0.222. The number of nitrogens with zero attached hydrogens (tertiary/aromatic N) is 1. The van der Waals surface area contributed by atoms with Crippen molar-refractivity contribution in [1.82, 2.24) is 4.90 Å². The van der Waals surface area contributed by atoms with Crippen molar-refractivity contribution >= 4 is 0 Å². The Bertz CT molecular complexity index is 644. The lowest BCUT2D eigenvalue weighted by Gasteiger charge is -2.15. The molecule has 0 unspecified atom stereocenters. The zero-order valence-electron chi connectivity index (χ0n) is 11.6. The number of ether oxygens (including phenoxy) is 1. The quantitative estimate of drug-likeness (QED) is 0.789. The van der Waals surface area contributed by atoms with Gasteiger partial charge in [-0.15, -0.1) is 6.42 Å². The highest BCUT2D eigenvalue weighted by Gasteiger charge is 2.18. The molecule has 0 spiro atoms. The first kappa shape index (κ1) is 12.8. The zero-order chi connectivity index (χ0) is 13.9. The molecule has 2 heteroatoms. The molecule has 0 aromatic heterocycles. The molecule has 0 saturated carbocycles. The van der Waals surface area contributed by atoms with Gasteiger partial charge >= 0.3 is 0 Å². The van der Waals surface area contributed by atoms with Gasteiger partial charge in [-0.05, 0) is 28.8 Å². The van der Waals surface area contributed by atoms with Crippen LogP contribution in [-0.4, -0.2) is 12.0 Å². The molecule has 1 aliphatic rings. The van der Waals surface area contributed by atoms with E-state index in [2.05, 4.69) is 41.2 Å². The van der Waals surface area contributed by atoms with Crippen LogP contribution >= 0.6 is 0 Å². The molecule has 0 saturated heterocycles. The van der Waals surface area contributed by atoms with Crippen LogP contribution in [0.1, 0.15) is 22.3 Å². The van der Waals surface area contributed by atoms with Crippen molar-refractivity contribution in [3.63, 3.8) is 0 Å². The van der Waals surface area contributed by atoms with Gasteiger partial charge in [0.05, 0.1) is 12.7 Å². The third-order valence-corrected chi connectivity index (χ3v) is 3.73. The van der Waals surface area contributed by atoms with E-state index in [9.17, 15) is 0 Å². The lowest BCUT2D eigenvalue weighted by molar-refractivity contribution is 0.275. The number of terminal acetylenes is 1. The summed E-state index contributed by atoms with van der Waals surface area (Å²) in [7, 11) is 1.66. The van der Waals surface area contributed by atoms with Gasteiger partial charge in [0.25, 0.3) is 0 Å². The minimum atomic E-state index is 0.779. The van der Waals surface area contributed by atoms with Crippen molar-refractivity contribution < 1.29 is 4.74 Å². The van der Waals surface area contributed by atoms with Crippen molar-refractivity contribution in [2.75, 3.05) is 7.11 Å². The van der Waals surface area contributed by atoms with Crippen molar-refractivity contribution in [1.29, 1.82) is 0 Å². The van der Waals surface area contributed by atoms with Gasteiger partial charge in [-0.3, -0.25) is 4.90 Å². The summed E-state index contributed by atoms with van der Waals surface area (Å²) < 4.78 is 5.34. The molecule has 3 rings (SSSR count). The van der Waals surface area contributed by atoms with Crippen molar-refractivity contribution in [3.05, 3.63) is 64.7 Å². The minimum absolute atomic E-state index is 0.779. The molecule has 1 aliphatic heterocycles. The Morgan fingerprint density at radius 3 is 2.45 bits per heavy atom. The number of hydrogen-bond donors (Lipinski definition) is 0. The van der Waals surface area contributed by atoms with E-state index in [0.717, 1.165) is 30.9 Å². The van der Waals surface area contributed by atoms with Crippen LogP contribution in [0.15, 0.2) is 42.5 Å². The molecular formula is C18H17NO. The monoisotopic (exact) mass is 263 g/mol. The van der Waals surface area contributed by atoms with Crippen LogP contribution in [0.3, 0.4) is 0 Å². The van der Waals surface area contributed by atoms with Gasteiger partial charge in [0, 0.05) is 19.6 Å². The molecule has 100 valence electrons. The maximum Gasteiger partial charge on any atom is 0.134 e. The van der Waals surface area contributed by atoms with E-state index in [1.807, 2.05) is 12.1 Å². The summed E-state index contributed by atoms with van der Waals surface area (Å²) in [5.41, 5.74) is 4.90. The summed E-state index contributed by atoms with van der Waals surface area (Å²) in [5.74, 6) is 3.42. The fourth-order valence-electron chi connectivity index (χ4n) is 2.73. The van der Waals surface area contributed by atoms with E-state index in [0.29, 0.717) is 0 Å². The number of fused-ring (bicyclic) bond motifs is 1. The maximum absolute atomic E-state index is 5.46. The van der Waals surface area contributed by atoms with Gasteiger partial charge < -0.3 is 4.74 Å². The van der Waals surface area contributed by atoms with Gasteiger partial charge in [-0.2, -0.15) is 0 Å². The minimum Gasteiger partial charge on any atom is -0.495 e. The van der Waals surface area contributed by atoms with Gasteiger partial charge in [0.15, 0.2) is 0 Å². The average molecular weight is 263 g/mol. The van der Waals surface area contributed by atoms with Crippen LogP contribution in [0.4, 0.5) is 0 Å². The number of benzene rings is 2. The molecule has 0 aliphatic carbocycles. The van der Waals surface area contributed by atoms with Crippen LogP contribution in [0, 0.1) is 12.3 Å². The summed E-state index contributed by atoms with van der Waals surface area (Å²) in [6.07, 6.45) is 5.46. The second-order valence-corrected chi connectivity index (χ2v) is 5.09. The van der Waals surface area contributed by atoms with E-state index in [4.69, 9.17) is 11.2 Å². The van der Waals surface area contributed by atoms with E-state index in [-0.39, 0.29) is 0 Å². The Labute approximate surface area is 120 Å². The highest BCUT2D eigenvalue weighted by molar-refractivity contribution is 5.47. The molecule has 0 amide bonds. The van der Waals surface area contributed by atoms with Crippen LogP contribution in [0.25, 0.3) is 0 Å². The number of methoxy groups -OCH3 is 1. The molecule has 0 bridgehead atoms. The van der Waals surface area contributed by atoms with Crippen LogP contribution in [0.2, 0.25) is 0 Å². The predicted octanol–water partition coefficient (Wildman–Crippen LogP) is 3.19. The standard InChI is InChI=1S/C18H17NO/c1-3-15-9-8-14(10-18(15)20-2)11-19-12-16-6-4-5-7-17(16)13-19/h1,4-10H,11-13H2,2H3. The molecule has 2 nitrogen and oxygen atoms in total. The Morgan fingerprint density at radius 1 is 1.15 bits per heavy atom. The third-order valence-electron chi connectivity index (χ3n) is 3.73. The highest BCUT2D eigenvalue weighted by atomic mass is 16.5. The molecule has 2 aromatic rings. The van der Waals surface area contributed by atoms with Crippen LogP contribution in [0.5, 0.6) is 5.75 Å². The van der Waals surface area contributed by atoms with E-state index < -0.39 is 0 Å². The third kappa shape index (κ3) is 2.41. The van der Waals surface area contributed by atoms with E-state index >= 15 is 0 Å². The normalized spacial score (nSPS) is 13.8. The molecule has 2 aromatic carbocycles. The van der Waals surface area contributed by atoms with E-state index in [1.54, 1.807) is 7.11 Å². The first-order chi connectivity index (χ1) is 9.80. The SMILES string of the molecule is C#Cc1ccc(CN2Cc3ccccc3C2)cc1OC. The van der Waals surface area contributed by atoms with Gasteiger partial charge in [0.2, 0.25) is 0 Å². The second-order valence-electron chi connectivity index (χ2n) is 5.09. The van der Waals surface area contributed by atoms with Gasteiger partial charge in [0.1, 0.15) is 5.75 Å². The van der Waals surface area contributed by atoms with Crippen LogP contribution < -0.4 is 4.74 Å². The lowest BCUT2D eigenvalue weighted by atomic mass is 10.1. The Balaban J connectivity index is 1.76. The van der Waals surface area contributed by atoms with E-state index in [1.165, 1.54) is 16.7 Å². The molecule has 0 fully saturated rings. The first-order valence-electron chi connectivity index (χ1n) is 6.73. The van der Waals surface area contributed by atoms with Crippen LogP contribution in [-0.2, 0) is 19.6 Å². The second kappa shape index (κ2) is 5.40. The molecule has 0 atom stereocenters. The molecule has 20 heavy (non-hydrogen) atoms. The summed E-state index contributed by atoms with van der Waals surface area (Å²) in [6, 6.07) is 14.7. The van der Waals surface area contributed by atoms with Crippen molar-refractivity contribution in [2.45, 2.75) is 19.6 Å². The summed E-state index contributed by atoms with van der Waals surface area (Å²) in [5, 5.41) is 0. The van der Waals surface area contributed by atoms with Gasteiger partial charge in [-0.1, -0.05) is 36.3 Å². The molecule has 0 radical (unpaired) electrons. The summed E-state index contributed by atoms with van der Waals surface area (Å²) in [4.78, 5) is 2.43. The topological polar surface area (TPSA) is 12.5 Å². The number of rotatable bonds is 3. The molecular weight excluding hydrogens is 246 g/mol. The first-order valence-corrected chi connectivity index (χ1v) is 6.73. The average Bonchev–Trinajstić information content (AvgIpc) is 2.89. The van der Waals surface area contributed by atoms with Crippen molar-refractivity contribution in [3.8, 4) is 18.1 Å². The number of hydrogen-bond acceptors (Lipinski definition) is 2. The smallest absolute Gasteiger partial charge is 0.134 e. The Morgan fingerprint density at radius 2 is 1.85 bits per heavy atom. The zero-order valence-corrected chi connectivity index (χ0v) is 11.6. The maximum atomic E-state index is 5.46. The fourth-order valence-corrected chi connectivity index (χ4v) is 2.73. The molecule has 0 N–H and O–H groups in total. The Hall–Kier alpha value is -2.24. The van der Waals surface area contributed by atoms with Crippen molar-refractivity contribution in [2.24, 2.45) is 0 Å². The molecule has 1 heterocycles. The lowest BCUT2D eigenvalue weighted by Crippen LogP contribution is -2.15. The largest absolute Gasteiger partial charge is 0.495 e. The highest BCUT2D eigenvalue weighted by Crippen LogP contribution is 2.26. The summed E-state index contributed by atoms with van der Waals surface area (Å²) >= 11 is 0.